The summed E-state index contributed by atoms with van der Waals surface area (Å²) in [6.07, 6.45) is 2.47. The molecule has 43 heavy (non-hydrogen) atoms. The van der Waals surface area contributed by atoms with Crippen LogP contribution in [-0.2, 0) is 17.9 Å². The van der Waals surface area contributed by atoms with Crippen LogP contribution in [0.5, 0.6) is 0 Å². The zero-order chi connectivity index (χ0) is 29.9. The summed E-state index contributed by atoms with van der Waals surface area (Å²) in [5.74, 6) is 0.721. The van der Waals surface area contributed by atoms with E-state index < -0.39 is 27.4 Å². The van der Waals surface area contributed by atoms with Crippen LogP contribution < -0.4 is 13.6 Å². The third-order valence-corrected chi connectivity index (χ3v) is 23.7. The van der Waals surface area contributed by atoms with Crippen LogP contribution in [0.2, 0.25) is 0 Å². The van der Waals surface area contributed by atoms with Crippen molar-refractivity contribution < 1.29 is 17.9 Å². The zero-order valence-electron chi connectivity index (χ0n) is 25.2. The number of fused-ring (bicyclic) bond motifs is 4. The monoisotopic (exact) mass is 692 g/mol. The summed E-state index contributed by atoms with van der Waals surface area (Å²) >= 11 is -4.06. The molecule has 7 rings (SSSR count). The van der Waals surface area contributed by atoms with Crippen molar-refractivity contribution >= 4 is 46.3 Å². The average molecular weight is 695 g/mol. The molecule has 0 radical (unpaired) electrons. The second-order valence-electron chi connectivity index (χ2n) is 12.6. The Balaban J connectivity index is 1.45. The summed E-state index contributed by atoms with van der Waals surface area (Å²) in [5.41, 5.74) is 13.3. The second-order valence-corrected chi connectivity index (χ2v) is 28.4. The molecule has 1 aliphatic heterocycles. The van der Waals surface area contributed by atoms with Crippen LogP contribution in [0.4, 0.5) is 0 Å². The number of halogens is 2. The van der Waals surface area contributed by atoms with E-state index in [1.54, 1.807) is 0 Å². The van der Waals surface area contributed by atoms with E-state index in [0.717, 1.165) is 0 Å². The summed E-state index contributed by atoms with van der Waals surface area (Å²) in [5, 5.41) is 2.99. The molecular formula is C39H36Cl2SiZr. The number of benzene rings is 5. The van der Waals surface area contributed by atoms with E-state index in [2.05, 4.69) is 143 Å². The molecule has 1 unspecified atom stereocenters. The van der Waals surface area contributed by atoms with Crippen LogP contribution in [0.1, 0.15) is 53.9 Å². The molecule has 0 saturated heterocycles. The quantitative estimate of drug-likeness (QED) is 0.153. The first-order chi connectivity index (χ1) is 20.8. The Hall–Kier alpha value is -2.48. The van der Waals surface area contributed by atoms with Crippen molar-refractivity contribution in [2.45, 2.75) is 37.2 Å². The van der Waals surface area contributed by atoms with E-state index in [4.69, 9.17) is 17.0 Å². The molecule has 214 valence electrons. The molecule has 0 fully saturated rings. The van der Waals surface area contributed by atoms with Crippen molar-refractivity contribution in [3.8, 4) is 33.4 Å². The molecule has 5 aromatic carbocycles. The Labute approximate surface area is 270 Å². The molecule has 0 spiro atoms. The van der Waals surface area contributed by atoms with E-state index in [1.165, 1.54) is 69.3 Å². The van der Waals surface area contributed by atoms with Crippen molar-refractivity contribution in [1.82, 2.24) is 0 Å². The van der Waals surface area contributed by atoms with Gasteiger partial charge in [0, 0.05) is 0 Å². The normalized spacial score (nSPS) is 16.0. The van der Waals surface area contributed by atoms with Crippen molar-refractivity contribution in [2.24, 2.45) is 5.92 Å². The molecule has 0 amide bonds. The molecule has 4 heteroatoms. The Morgan fingerprint density at radius 3 is 2.00 bits per heavy atom. The van der Waals surface area contributed by atoms with Gasteiger partial charge in [0.2, 0.25) is 0 Å². The summed E-state index contributed by atoms with van der Waals surface area (Å²) < 4.78 is 1.36. The van der Waals surface area contributed by atoms with E-state index in [-0.39, 0.29) is 3.63 Å². The van der Waals surface area contributed by atoms with Gasteiger partial charge in [-0.15, -0.1) is 0 Å². The Morgan fingerprint density at radius 1 is 0.628 bits per heavy atom. The van der Waals surface area contributed by atoms with Crippen molar-refractivity contribution in [3.05, 3.63) is 131 Å². The topological polar surface area (TPSA) is 0 Å². The van der Waals surface area contributed by atoms with Gasteiger partial charge < -0.3 is 0 Å². The van der Waals surface area contributed by atoms with Crippen LogP contribution in [0.3, 0.4) is 0 Å². The third-order valence-electron chi connectivity index (χ3n) is 9.41. The van der Waals surface area contributed by atoms with Crippen molar-refractivity contribution in [1.29, 1.82) is 0 Å². The molecule has 0 nitrogen and oxygen atoms in total. The molecule has 1 atom stereocenters. The molecule has 5 aromatic rings. The Bertz CT molecular complexity index is 1890. The van der Waals surface area contributed by atoms with E-state index in [9.17, 15) is 0 Å². The average Bonchev–Trinajstić information content (AvgIpc) is 3.60. The number of allylic oxidation sites excluding steroid dienone is 1. The standard InChI is InChI=1S/C27H27.C12H9Si.2ClH.Zr/c1-18(2)22-16-21-14-15-23(19(3)4)27(26(21)17-22)25-13-9-8-12-24(25)20-10-6-5-7-11-20;1-3-7-11-9(5-1)10-6-2-4-8-12(10)13-11;;;/h5-19H,1-4H3;1-7H,13H2;2*1H;/q;;;;+2/p-2. The van der Waals surface area contributed by atoms with Gasteiger partial charge >= 0.3 is 272 Å². The first kappa shape index (κ1) is 29.2. The summed E-state index contributed by atoms with van der Waals surface area (Å²) in [4.78, 5) is 0. The van der Waals surface area contributed by atoms with E-state index >= 15 is 0 Å². The molecule has 2 aliphatic rings. The second kappa shape index (κ2) is 11.5. The van der Waals surface area contributed by atoms with Crippen LogP contribution in [0.15, 0.2) is 115 Å². The number of hydrogen-bond acceptors (Lipinski definition) is 0. The van der Waals surface area contributed by atoms with E-state index in [0.29, 0.717) is 11.8 Å². The summed E-state index contributed by atoms with van der Waals surface area (Å²) in [6.45, 7) is 9.22. The first-order valence-electron chi connectivity index (χ1n) is 15.4. The van der Waals surface area contributed by atoms with E-state index in [1.807, 2.05) is 0 Å². The molecule has 0 N–H and O–H groups in total. The van der Waals surface area contributed by atoms with Gasteiger partial charge in [0.1, 0.15) is 0 Å². The molecule has 0 aromatic heterocycles. The molecule has 1 heterocycles. The van der Waals surface area contributed by atoms with Gasteiger partial charge in [0.05, 0.1) is 0 Å². The Morgan fingerprint density at radius 2 is 1.28 bits per heavy atom. The zero-order valence-corrected chi connectivity index (χ0v) is 30.5. The fourth-order valence-corrected chi connectivity index (χ4v) is 24.4. The SMILES string of the molecule is CC(C)C1=Cc2c(ccc(C(C)C)c2-c2ccccc2-c2ccccc2)[CH]1[Zr]([Cl])([Cl])[c]1cccc2c1[SiH2]c1ccccc1-2. The number of rotatable bonds is 6. The molecular weight excluding hydrogens is 659 g/mol. The maximum absolute atomic E-state index is 7.95. The van der Waals surface area contributed by atoms with Crippen molar-refractivity contribution in [2.75, 3.05) is 0 Å². The van der Waals surface area contributed by atoms with Crippen LogP contribution in [0.25, 0.3) is 39.5 Å². The van der Waals surface area contributed by atoms with Crippen molar-refractivity contribution in [3.63, 3.8) is 0 Å². The molecule has 1 aliphatic carbocycles. The minimum atomic E-state index is -4.06. The fraction of sp³-hybridized carbons (Fsp3) is 0.179. The van der Waals surface area contributed by atoms with Crippen LogP contribution in [-0.4, -0.2) is 9.52 Å². The predicted octanol–water partition coefficient (Wildman–Crippen LogP) is 9.13. The van der Waals surface area contributed by atoms with Gasteiger partial charge in [0.15, 0.2) is 0 Å². The van der Waals surface area contributed by atoms with Crippen LogP contribution in [0, 0.1) is 5.92 Å². The van der Waals surface area contributed by atoms with Gasteiger partial charge in [-0.05, 0) is 0 Å². The maximum atomic E-state index is 7.95. The van der Waals surface area contributed by atoms with Gasteiger partial charge in [-0.25, -0.2) is 0 Å². The van der Waals surface area contributed by atoms with Gasteiger partial charge in [-0.3, -0.25) is 0 Å². The fourth-order valence-electron chi connectivity index (χ4n) is 7.37. The third kappa shape index (κ3) is 4.90. The van der Waals surface area contributed by atoms with Gasteiger partial charge in [0.25, 0.3) is 0 Å². The molecule has 0 saturated carbocycles. The summed E-state index contributed by atoms with van der Waals surface area (Å²) in [6, 6.07) is 40.0. The predicted molar refractivity (Wildman–Crippen MR) is 188 cm³/mol. The first-order valence-corrected chi connectivity index (χ1v) is 25.8. The number of hydrogen-bond donors (Lipinski definition) is 0. The van der Waals surface area contributed by atoms with Gasteiger partial charge in [-0.2, -0.15) is 0 Å². The Kier molecular flexibility index (Phi) is 7.80. The minimum absolute atomic E-state index is 0.0701. The molecule has 0 bridgehead atoms. The van der Waals surface area contributed by atoms with Crippen LogP contribution >= 0.6 is 17.0 Å². The van der Waals surface area contributed by atoms with Gasteiger partial charge in [-0.1, -0.05) is 0 Å². The summed E-state index contributed by atoms with van der Waals surface area (Å²) in [7, 11) is 15.2.